The molecule has 0 saturated carbocycles. The predicted octanol–water partition coefficient (Wildman–Crippen LogP) is 4.81. The van der Waals surface area contributed by atoms with E-state index < -0.39 is 0 Å². The van der Waals surface area contributed by atoms with Crippen LogP contribution < -0.4 is 10.5 Å². The number of nitrogens with two attached hydrogens (primary N) is 1. The first kappa shape index (κ1) is 13.3. The van der Waals surface area contributed by atoms with Crippen LogP contribution in [0.4, 0.5) is 5.69 Å². The molecule has 0 fully saturated rings. The van der Waals surface area contributed by atoms with Crippen molar-refractivity contribution in [1.82, 2.24) is 0 Å². The average Bonchev–Trinajstić information content (AvgIpc) is 2.33. The second-order valence-corrected chi connectivity index (χ2v) is 4.85. The van der Waals surface area contributed by atoms with Crippen molar-refractivity contribution in [2.24, 2.45) is 0 Å². The van der Waals surface area contributed by atoms with Gasteiger partial charge in [0.15, 0.2) is 5.75 Å². The molecular weight excluding hydrogens is 293 g/mol. The first-order chi connectivity index (χ1) is 8.59. The highest BCUT2D eigenvalue weighted by atomic mass is 35.5. The van der Waals surface area contributed by atoms with Crippen LogP contribution in [0.25, 0.3) is 0 Å². The van der Waals surface area contributed by atoms with Gasteiger partial charge in [-0.2, -0.15) is 0 Å². The van der Waals surface area contributed by atoms with E-state index in [0.29, 0.717) is 26.5 Å². The fourth-order valence-corrected chi connectivity index (χ4v) is 2.10. The number of halogens is 3. The van der Waals surface area contributed by atoms with Gasteiger partial charge in [-0.05, 0) is 18.2 Å². The summed E-state index contributed by atoms with van der Waals surface area (Å²) >= 11 is 18.0. The minimum Gasteiger partial charge on any atom is -0.485 e. The minimum absolute atomic E-state index is 0.257. The Morgan fingerprint density at radius 2 is 1.61 bits per heavy atom. The summed E-state index contributed by atoms with van der Waals surface area (Å²) < 4.78 is 5.59. The monoisotopic (exact) mass is 301 g/mol. The van der Waals surface area contributed by atoms with E-state index in [9.17, 15) is 0 Å². The smallest absolute Gasteiger partial charge is 0.161 e. The molecule has 2 N–H and O–H groups in total. The van der Waals surface area contributed by atoms with Crippen LogP contribution in [0.15, 0.2) is 36.4 Å². The first-order valence-corrected chi connectivity index (χ1v) is 6.32. The van der Waals surface area contributed by atoms with Crippen LogP contribution in [0.1, 0.15) is 5.56 Å². The second kappa shape index (κ2) is 5.70. The number of benzene rings is 2. The molecule has 2 aromatic carbocycles. The Hall–Kier alpha value is -1.09. The molecule has 2 aromatic rings. The van der Waals surface area contributed by atoms with Crippen molar-refractivity contribution < 1.29 is 4.74 Å². The average molecular weight is 303 g/mol. The number of hydrogen-bond acceptors (Lipinski definition) is 2. The van der Waals surface area contributed by atoms with E-state index in [-0.39, 0.29) is 6.61 Å². The van der Waals surface area contributed by atoms with Crippen LogP contribution in [-0.4, -0.2) is 0 Å². The zero-order valence-corrected chi connectivity index (χ0v) is 11.6. The summed E-state index contributed by atoms with van der Waals surface area (Å²) in [6, 6.07) is 10.6. The molecule has 0 aliphatic carbocycles. The van der Waals surface area contributed by atoms with E-state index in [0.717, 1.165) is 5.56 Å². The Morgan fingerprint density at radius 1 is 0.944 bits per heavy atom. The highest BCUT2D eigenvalue weighted by molar-refractivity contribution is 6.42. The highest BCUT2D eigenvalue weighted by Gasteiger charge is 2.09. The van der Waals surface area contributed by atoms with Gasteiger partial charge in [0, 0.05) is 5.56 Å². The van der Waals surface area contributed by atoms with E-state index in [2.05, 4.69) is 0 Å². The maximum Gasteiger partial charge on any atom is 0.161 e. The lowest BCUT2D eigenvalue weighted by Gasteiger charge is -2.11. The molecule has 0 radical (unpaired) electrons. The molecule has 0 spiro atoms. The van der Waals surface area contributed by atoms with Gasteiger partial charge in [0.1, 0.15) is 6.61 Å². The zero-order chi connectivity index (χ0) is 13.1. The fourth-order valence-electron chi connectivity index (χ4n) is 1.49. The quantitative estimate of drug-likeness (QED) is 0.826. The van der Waals surface area contributed by atoms with Gasteiger partial charge in [-0.3, -0.25) is 0 Å². The molecule has 0 heterocycles. The second-order valence-electron chi connectivity index (χ2n) is 3.66. The van der Waals surface area contributed by atoms with Crippen LogP contribution in [-0.2, 0) is 6.61 Å². The van der Waals surface area contributed by atoms with Gasteiger partial charge in [-0.25, -0.2) is 0 Å². The Balaban J connectivity index is 2.19. The van der Waals surface area contributed by atoms with Gasteiger partial charge < -0.3 is 10.5 Å². The molecule has 5 heteroatoms. The van der Waals surface area contributed by atoms with E-state index in [1.165, 1.54) is 0 Å². The largest absolute Gasteiger partial charge is 0.485 e. The van der Waals surface area contributed by atoms with Crippen molar-refractivity contribution in [2.75, 3.05) is 5.73 Å². The standard InChI is InChI=1S/C13H10Cl3NO/c14-9-4-1-3-8(12(9)16)7-18-13-10(15)5-2-6-11(13)17/h1-6H,7,17H2. The first-order valence-electron chi connectivity index (χ1n) is 5.19. The minimum atomic E-state index is 0.257. The molecule has 2 nitrogen and oxygen atoms in total. The molecule has 0 amide bonds. The number of rotatable bonds is 3. The van der Waals surface area contributed by atoms with E-state index in [1.807, 2.05) is 12.1 Å². The van der Waals surface area contributed by atoms with E-state index in [1.54, 1.807) is 24.3 Å². The Labute approximate surface area is 120 Å². The third-order valence-corrected chi connectivity index (χ3v) is 3.56. The lowest BCUT2D eigenvalue weighted by molar-refractivity contribution is 0.308. The van der Waals surface area contributed by atoms with Gasteiger partial charge in [0.25, 0.3) is 0 Å². The predicted molar refractivity (Wildman–Crippen MR) is 76.7 cm³/mol. The highest BCUT2D eigenvalue weighted by Crippen LogP contribution is 2.32. The number of ether oxygens (including phenoxy) is 1. The van der Waals surface area contributed by atoms with Crippen molar-refractivity contribution in [3.05, 3.63) is 57.0 Å². The number of para-hydroxylation sites is 1. The SMILES string of the molecule is Nc1cccc(Cl)c1OCc1cccc(Cl)c1Cl. The summed E-state index contributed by atoms with van der Waals surface area (Å²) in [5, 5.41) is 1.43. The molecule has 18 heavy (non-hydrogen) atoms. The van der Waals surface area contributed by atoms with E-state index >= 15 is 0 Å². The summed E-state index contributed by atoms with van der Waals surface area (Å²) in [6.07, 6.45) is 0. The van der Waals surface area contributed by atoms with Crippen molar-refractivity contribution >= 4 is 40.5 Å². The molecule has 0 unspecified atom stereocenters. The van der Waals surface area contributed by atoms with Gasteiger partial charge in [-0.15, -0.1) is 0 Å². The zero-order valence-electron chi connectivity index (χ0n) is 9.29. The fraction of sp³-hybridized carbons (Fsp3) is 0.0769. The van der Waals surface area contributed by atoms with Crippen molar-refractivity contribution in [2.45, 2.75) is 6.61 Å². The molecule has 0 atom stereocenters. The third-order valence-electron chi connectivity index (χ3n) is 2.40. The summed E-state index contributed by atoms with van der Waals surface area (Å²) in [5.41, 5.74) is 7.05. The lowest BCUT2D eigenvalue weighted by Crippen LogP contribution is -2.00. The Morgan fingerprint density at radius 3 is 2.33 bits per heavy atom. The number of anilines is 1. The van der Waals surface area contributed by atoms with Crippen LogP contribution in [0.3, 0.4) is 0 Å². The van der Waals surface area contributed by atoms with Crippen molar-refractivity contribution in [3.8, 4) is 5.75 Å². The third kappa shape index (κ3) is 2.83. The van der Waals surface area contributed by atoms with Crippen LogP contribution >= 0.6 is 34.8 Å². The Kier molecular flexibility index (Phi) is 4.23. The Bertz CT molecular complexity index is 552. The summed E-state index contributed by atoms with van der Waals surface area (Å²) in [7, 11) is 0. The molecule has 0 bridgehead atoms. The molecule has 2 rings (SSSR count). The van der Waals surface area contributed by atoms with Crippen LogP contribution in [0.2, 0.25) is 15.1 Å². The lowest BCUT2D eigenvalue weighted by atomic mass is 10.2. The van der Waals surface area contributed by atoms with Crippen LogP contribution in [0, 0.1) is 0 Å². The van der Waals surface area contributed by atoms with Crippen molar-refractivity contribution in [1.29, 1.82) is 0 Å². The molecule has 0 saturated heterocycles. The van der Waals surface area contributed by atoms with E-state index in [4.69, 9.17) is 45.3 Å². The summed E-state index contributed by atoms with van der Waals surface area (Å²) in [6.45, 7) is 0.257. The van der Waals surface area contributed by atoms with Gasteiger partial charge in [0.05, 0.1) is 20.8 Å². The normalized spacial score (nSPS) is 10.4. The number of nitrogen functional groups attached to an aromatic ring is 1. The summed E-state index contributed by atoms with van der Waals surface area (Å²) in [5.74, 6) is 0.454. The van der Waals surface area contributed by atoms with Gasteiger partial charge >= 0.3 is 0 Å². The topological polar surface area (TPSA) is 35.2 Å². The van der Waals surface area contributed by atoms with Gasteiger partial charge in [-0.1, -0.05) is 53.0 Å². The van der Waals surface area contributed by atoms with Crippen LogP contribution in [0.5, 0.6) is 5.75 Å². The van der Waals surface area contributed by atoms with Gasteiger partial charge in [0.2, 0.25) is 0 Å². The molecule has 0 aliphatic rings. The molecular formula is C13H10Cl3NO. The molecule has 94 valence electrons. The number of hydrogen-bond donors (Lipinski definition) is 1. The molecule has 0 aromatic heterocycles. The maximum atomic E-state index is 6.06. The molecule has 0 aliphatic heterocycles. The summed E-state index contributed by atoms with van der Waals surface area (Å²) in [4.78, 5) is 0. The maximum absolute atomic E-state index is 6.06. The van der Waals surface area contributed by atoms with Crippen molar-refractivity contribution in [3.63, 3.8) is 0 Å².